The number of hydrogen-bond acceptors (Lipinski definition) is 6. The molecule has 2 aromatic heterocycles. The van der Waals surface area contributed by atoms with E-state index in [0.717, 1.165) is 39.3 Å². The van der Waals surface area contributed by atoms with Gasteiger partial charge in [-0.2, -0.15) is 0 Å². The van der Waals surface area contributed by atoms with E-state index in [1.54, 1.807) is 0 Å². The molecule has 182 valence electrons. The number of rotatable bonds is 21. The van der Waals surface area contributed by atoms with Gasteiger partial charge < -0.3 is 21.3 Å². The van der Waals surface area contributed by atoms with Gasteiger partial charge in [0.1, 0.15) is 0 Å². The summed E-state index contributed by atoms with van der Waals surface area (Å²) in [6.07, 6.45) is 10.6. The third-order valence-electron chi connectivity index (χ3n) is 5.54. The van der Waals surface area contributed by atoms with Crippen LogP contribution in [-0.2, 0) is 13.1 Å². The highest BCUT2D eigenvalue weighted by molar-refractivity contribution is 7.10. The van der Waals surface area contributed by atoms with E-state index < -0.39 is 0 Å². The lowest BCUT2D eigenvalue weighted by molar-refractivity contribution is 0.535. The lowest BCUT2D eigenvalue weighted by Crippen LogP contribution is -2.22. The van der Waals surface area contributed by atoms with Crippen molar-refractivity contribution in [2.45, 2.75) is 78.3 Å². The molecule has 0 atom stereocenters. The van der Waals surface area contributed by atoms with Crippen LogP contribution in [0.25, 0.3) is 0 Å². The molecule has 4 nitrogen and oxygen atoms in total. The lowest BCUT2D eigenvalue weighted by Gasteiger charge is -2.07. The van der Waals surface area contributed by atoms with Gasteiger partial charge in [-0.05, 0) is 113 Å². The Labute approximate surface area is 205 Å². The van der Waals surface area contributed by atoms with Crippen LogP contribution < -0.4 is 21.3 Å². The summed E-state index contributed by atoms with van der Waals surface area (Å²) in [5.41, 5.74) is 2.76. The Hall–Kier alpha value is -0.760. The molecule has 0 fully saturated rings. The van der Waals surface area contributed by atoms with Crippen LogP contribution >= 0.6 is 22.7 Å². The van der Waals surface area contributed by atoms with E-state index in [2.05, 4.69) is 58.0 Å². The average molecular weight is 479 g/mol. The van der Waals surface area contributed by atoms with Crippen LogP contribution in [-0.4, -0.2) is 39.3 Å². The van der Waals surface area contributed by atoms with Gasteiger partial charge in [0.2, 0.25) is 0 Å². The van der Waals surface area contributed by atoms with Crippen LogP contribution in [0.3, 0.4) is 0 Å². The maximum Gasteiger partial charge on any atom is 0.0299 e. The van der Waals surface area contributed by atoms with Crippen molar-refractivity contribution in [1.82, 2.24) is 21.3 Å². The molecule has 2 rings (SSSR count). The normalized spacial score (nSPS) is 11.4. The molecule has 0 spiro atoms. The van der Waals surface area contributed by atoms with Gasteiger partial charge in [0, 0.05) is 22.8 Å². The van der Waals surface area contributed by atoms with Crippen LogP contribution in [0.4, 0.5) is 0 Å². The number of thiophene rings is 2. The fourth-order valence-electron chi connectivity index (χ4n) is 3.72. The zero-order valence-electron chi connectivity index (χ0n) is 20.4. The Balaban J connectivity index is 1.20. The summed E-state index contributed by atoms with van der Waals surface area (Å²) >= 11 is 3.71. The van der Waals surface area contributed by atoms with E-state index in [4.69, 9.17) is 0 Å². The van der Waals surface area contributed by atoms with E-state index in [1.165, 1.54) is 85.3 Å². The maximum absolute atomic E-state index is 3.59. The summed E-state index contributed by atoms with van der Waals surface area (Å²) in [5, 5.41) is 18.7. The highest BCUT2D eigenvalue weighted by Crippen LogP contribution is 2.13. The average Bonchev–Trinajstić information content (AvgIpc) is 3.39. The van der Waals surface area contributed by atoms with Crippen LogP contribution in [0.1, 0.15) is 72.2 Å². The Kier molecular flexibility index (Phi) is 16.0. The smallest absolute Gasteiger partial charge is 0.0299 e. The van der Waals surface area contributed by atoms with E-state index in [-0.39, 0.29) is 0 Å². The SMILES string of the molecule is Cc1csc(CNCCCNCCCCCCCCNCCCNCc2cc(C)cs2)c1. The number of hydrogen-bond donors (Lipinski definition) is 4. The van der Waals surface area contributed by atoms with Gasteiger partial charge in [-0.1, -0.05) is 25.7 Å². The standard InChI is InChI=1S/C26H46N4S2/c1-23-17-25(31-21-23)19-29-15-9-13-27-11-7-5-3-4-6-8-12-28-14-10-16-30-20-26-18-24(2)22-32-26/h17-18,21-22,27-30H,3-16,19-20H2,1-2H3. The topological polar surface area (TPSA) is 48.1 Å². The minimum atomic E-state index is 1.01. The van der Waals surface area contributed by atoms with E-state index >= 15 is 0 Å². The van der Waals surface area contributed by atoms with Crippen molar-refractivity contribution in [3.63, 3.8) is 0 Å². The van der Waals surface area contributed by atoms with Gasteiger partial charge >= 0.3 is 0 Å². The largest absolute Gasteiger partial charge is 0.317 e. The van der Waals surface area contributed by atoms with Crippen molar-refractivity contribution in [3.8, 4) is 0 Å². The van der Waals surface area contributed by atoms with Crippen LogP contribution in [0, 0.1) is 13.8 Å². The van der Waals surface area contributed by atoms with Crippen molar-refractivity contribution in [1.29, 1.82) is 0 Å². The molecule has 0 unspecified atom stereocenters. The molecule has 6 heteroatoms. The maximum atomic E-state index is 3.59. The number of nitrogens with one attached hydrogen (secondary N) is 4. The highest BCUT2D eigenvalue weighted by atomic mass is 32.1. The molecule has 32 heavy (non-hydrogen) atoms. The first kappa shape index (κ1) is 27.5. The second-order valence-corrected chi connectivity index (χ2v) is 10.9. The first-order valence-electron chi connectivity index (χ1n) is 12.6. The van der Waals surface area contributed by atoms with Crippen LogP contribution in [0.2, 0.25) is 0 Å². The first-order valence-corrected chi connectivity index (χ1v) is 14.4. The summed E-state index contributed by atoms with van der Waals surface area (Å²) in [5.74, 6) is 0. The van der Waals surface area contributed by atoms with Crippen molar-refractivity contribution in [3.05, 3.63) is 43.8 Å². The lowest BCUT2D eigenvalue weighted by atomic mass is 10.1. The van der Waals surface area contributed by atoms with E-state index in [0.29, 0.717) is 0 Å². The fraction of sp³-hybridized carbons (Fsp3) is 0.692. The van der Waals surface area contributed by atoms with Gasteiger partial charge in [-0.25, -0.2) is 0 Å². The van der Waals surface area contributed by atoms with Gasteiger partial charge in [0.05, 0.1) is 0 Å². The predicted octanol–water partition coefficient (Wildman–Crippen LogP) is 5.61. The quantitative estimate of drug-likeness (QED) is 0.176. The third-order valence-corrected chi connectivity index (χ3v) is 7.65. The van der Waals surface area contributed by atoms with Gasteiger partial charge in [0.15, 0.2) is 0 Å². The molecule has 0 amide bonds. The van der Waals surface area contributed by atoms with Crippen LogP contribution in [0.15, 0.2) is 22.9 Å². The van der Waals surface area contributed by atoms with Crippen LogP contribution in [0.5, 0.6) is 0 Å². The second-order valence-electron chi connectivity index (χ2n) is 8.86. The van der Waals surface area contributed by atoms with Crippen molar-refractivity contribution < 1.29 is 0 Å². The zero-order valence-corrected chi connectivity index (χ0v) is 22.1. The third kappa shape index (κ3) is 14.4. The molecule has 0 aliphatic carbocycles. The van der Waals surface area contributed by atoms with Gasteiger partial charge in [-0.15, -0.1) is 22.7 Å². The first-order chi connectivity index (χ1) is 15.7. The molecule has 0 saturated heterocycles. The summed E-state index contributed by atoms with van der Waals surface area (Å²) < 4.78 is 0. The minimum Gasteiger partial charge on any atom is -0.317 e. The Morgan fingerprint density at radius 1 is 0.500 bits per heavy atom. The molecule has 0 aliphatic heterocycles. The van der Waals surface area contributed by atoms with Crippen molar-refractivity contribution >= 4 is 22.7 Å². The van der Waals surface area contributed by atoms with Crippen molar-refractivity contribution in [2.75, 3.05) is 39.3 Å². The fourth-order valence-corrected chi connectivity index (χ4v) is 5.41. The summed E-state index contributed by atoms with van der Waals surface area (Å²) in [6, 6.07) is 4.56. The Morgan fingerprint density at radius 2 is 0.875 bits per heavy atom. The monoisotopic (exact) mass is 478 g/mol. The molecule has 2 aromatic rings. The second kappa shape index (κ2) is 18.6. The molecule has 0 radical (unpaired) electrons. The summed E-state index contributed by atoms with van der Waals surface area (Å²) in [7, 11) is 0. The van der Waals surface area contributed by atoms with Crippen molar-refractivity contribution in [2.24, 2.45) is 0 Å². The van der Waals surface area contributed by atoms with E-state index in [1.807, 2.05) is 22.7 Å². The molecule has 2 heterocycles. The van der Waals surface area contributed by atoms with Gasteiger partial charge in [-0.3, -0.25) is 0 Å². The molecular formula is C26H46N4S2. The van der Waals surface area contributed by atoms with E-state index in [9.17, 15) is 0 Å². The molecule has 0 saturated carbocycles. The minimum absolute atomic E-state index is 1.01. The Morgan fingerprint density at radius 3 is 1.28 bits per heavy atom. The summed E-state index contributed by atoms with van der Waals surface area (Å²) in [6.45, 7) is 13.2. The number of aryl methyl sites for hydroxylation is 2. The molecular weight excluding hydrogens is 432 g/mol. The molecule has 0 aliphatic rings. The highest BCUT2D eigenvalue weighted by Gasteiger charge is 1.97. The molecule has 4 N–H and O–H groups in total. The predicted molar refractivity (Wildman–Crippen MR) is 144 cm³/mol. The molecule has 0 bridgehead atoms. The number of unbranched alkanes of at least 4 members (excludes halogenated alkanes) is 5. The zero-order chi connectivity index (χ0) is 22.7. The molecule has 0 aromatic carbocycles. The Bertz CT molecular complexity index is 625. The summed E-state index contributed by atoms with van der Waals surface area (Å²) in [4.78, 5) is 2.89. The van der Waals surface area contributed by atoms with Gasteiger partial charge in [0.25, 0.3) is 0 Å².